The molecule has 2 aromatic heterocycles. The fourth-order valence-corrected chi connectivity index (χ4v) is 3.61. The van der Waals surface area contributed by atoms with Crippen molar-refractivity contribution in [1.29, 1.82) is 0 Å². The molecule has 1 aliphatic heterocycles. The summed E-state index contributed by atoms with van der Waals surface area (Å²) in [5.41, 5.74) is 3.42. The molecule has 0 saturated carbocycles. The maximum Gasteiger partial charge on any atom is 0.145 e. The number of nitrogens with zero attached hydrogens (tertiary/aromatic N) is 3. The molecule has 1 aliphatic rings. The van der Waals surface area contributed by atoms with Gasteiger partial charge in [0, 0.05) is 11.6 Å². The molecule has 3 aromatic rings. The van der Waals surface area contributed by atoms with E-state index >= 15 is 0 Å². The first-order valence-corrected chi connectivity index (χ1v) is 8.79. The largest absolute Gasteiger partial charge is 0.355 e. The molecule has 0 radical (unpaired) electrons. The quantitative estimate of drug-likeness (QED) is 0.697. The van der Waals surface area contributed by atoms with Crippen LogP contribution in [0.25, 0.3) is 11.0 Å². The molecule has 4 nitrogen and oxygen atoms in total. The number of ether oxygens (including phenoxy) is 1. The lowest BCUT2D eigenvalue weighted by molar-refractivity contribution is 0.000268. The van der Waals surface area contributed by atoms with Crippen LogP contribution >= 0.6 is 0 Å². The number of benzene rings is 1. The van der Waals surface area contributed by atoms with Crippen LogP contribution in [0.5, 0.6) is 0 Å². The smallest absolute Gasteiger partial charge is 0.145 e. The summed E-state index contributed by atoms with van der Waals surface area (Å²) in [6.07, 6.45) is 9.81. The van der Waals surface area contributed by atoms with Gasteiger partial charge in [0.2, 0.25) is 0 Å². The number of hydrogen-bond donors (Lipinski definition) is 0. The first kappa shape index (κ1) is 15.3. The van der Waals surface area contributed by atoms with Crippen LogP contribution in [0, 0.1) is 6.92 Å². The first-order chi connectivity index (χ1) is 11.8. The third kappa shape index (κ3) is 3.06. The van der Waals surface area contributed by atoms with Gasteiger partial charge >= 0.3 is 0 Å². The zero-order valence-electron chi connectivity index (χ0n) is 14.1. The Bertz CT molecular complexity index is 812. The standard InChI is InChI=1S/C20H23N3O/c1-15-18-12-13-23(20(18)22-14-21-15)19-11-10-17(24-19)9-5-8-16-6-3-2-4-7-16/h2-4,6-7,12-14,17,19H,5,8-11H2,1H3. The van der Waals surface area contributed by atoms with Crippen LogP contribution in [0.4, 0.5) is 0 Å². The van der Waals surface area contributed by atoms with Crippen molar-refractivity contribution < 1.29 is 4.74 Å². The lowest BCUT2D eigenvalue weighted by Crippen LogP contribution is -2.11. The zero-order chi connectivity index (χ0) is 16.4. The Balaban J connectivity index is 1.37. The lowest BCUT2D eigenvalue weighted by atomic mass is 10.0. The fraction of sp³-hybridized carbons (Fsp3) is 0.400. The van der Waals surface area contributed by atoms with E-state index in [0.29, 0.717) is 6.10 Å². The van der Waals surface area contributed by atoms with Crippen molar-refractivity contribution in [1.82, 2.24) is 14.5 Å². The molecule has 124 valence electrons. The van der Waals surface area contributed by atoms with Crippen LogP contribution in [-0.4, -0.2) is 20.6 Å². The van der Waals surface area contributed by atoms with Crippen molar-refractivity contribution in [2.45, 2.75) is 51.4 Å². The van der Waals surface area contributed by atoms with E-state index in [1.165, 1.54) is 12.0 Å². The predicted molar refractivity (Wildman–Crippen MR) is 94.8 cm³/mol. The van der Waals surface area contributed by atoms with Crippen LogP contribution in [0.2, 0.25) is 0 Å². The molecular weight excluding hydrogens is 298 g/mol. The second-order valence-electron chi connectivity index (χ2n) is 6.59. The van der Waals surface area contributed by atoms with Crippen molar-refractivity contribution in [2.24, 2.45) is 0 Å². The summed E-state index contributed by atoms with van der Waals surface area (Å²) in [5, 5.41) is 1.12. The molecule has 0 amide bonds. The third-order valence-corrected chi connectivity index (χ3v) is 4.94. The Labute approximate surface area is 142 Å². The van der Waals surface area contributed by atoms with Gasteiger partial charge in [0.1, 0.15) is 18.2 Å². The van der Waals surface area contributed by atoms with Gasteiger partial charge in [0.15, 0.2) is 0 Å². The third-order valence-electron chi connectivity index (χ3n) is 4.94. The van der Waals surface area contributed by atoms with Crippen LogP contribution < -0.4 is 0 Å². The molecule has 1 fully saturated rings. The summed E-state index contributed by atoms with van der Waals surface area (Å²) >= 11 is 0. The van der Waals surface area contributed by atoms with Gasteiger partial charge in [-0.1, -0.05) is 30.3 Å². The van der Waals surface area contributed by atoms with Gasteiger partial charge < -0.3 is 9.30 Å². The Kier molecular flexibility index (Phi) is 4.30. The highest BCUT2D eigenvalue weighted by molar-refractivity contribution is 5.78. The van der Waals surface area contributed by atoms with Gasteiger partial charge in [-0.3, -0.25) is 0 Å². The summed E-state index contributed by atoms with van der Waals surface area (Å²) in [6.45, 7) is 2.02. The number of fused-ring (bicyclic) bond motifs is 1. The number of aromatic nitrogens is 3. The van der Waals surface area contributed by atoms with E-state index in [1.54, 1.807) is 6.33 Å². The summed E-state index contributed by atoms with van der Waals surface area (Å²) in [6, 6.07) is 12.8. The van der Waals surface area contributed by atoms with Crippen molar-refractivity contribution in [2.75, 3.05) is 0 Å². The van der Waals surface area contributed by atoms with Crippen LogP contribution in [0.3, 0.4) is 0 Å². The summed E-state index contributed by atoms with van der Waals surface area (Å²) < 4.78 is 8.46. The average molecular weight is 321 g/mol. The monoisotopic (exact) mass is 321 g/mol. The maximum absolute atomic E-state index is 6.29. The summed E-state index contributed by atoms with van der Waals surface area (Å²) in [7, 11) is 0. The molecule has 0 N–H and O–H groups in total. The number of rotatable bonds is 5. The topological polar surface area (TPSA) is 39.9 Å². The normalized spacial score (nSPS) is 20.7. The van der Waals surface area contributed by atoms with E-state index in [-0.39, 0.29) is 6.23 Å². The molecule has 2 atom stereocenters. The van der Waals surface area contributed by atoms with E-state index in [9.17, 15) is 0 Å². The summed E-state index contributed by atoms with van der Waals surface area (Å²) in [5.74, 6) is 0. The number of hydrogen-bond acceptors (Lipinski definition) is 3. The molecule has 1 aromatic carbocycles. The summed E-state index contributed by atoms with van der Waals surface area (Å²) in [4.78, 5) is 8.71. The number of aryl methyl sites for hydroxylation is 2. The van der Waals surface area contributed by atoms with E-state index in [1.807, 2.05) is 6.92 Å². The highest BCUT2D eigenvalue weighted by Crippen LogP contribution is 2.33. The minimum atomic E-state index is 0.110. The zero-order valence-corrected chi connectivity index (χ0v) is 14.1. The fourth-order valence-electron chi connectivity index (χ4n) is 3.61. The van der Waals surface area contributed by atoms with Gasteiger partial charge in [0.05, 0.1) is 11.8 Å². The lowest BCUT2D eigenvalue weighted by Gasteiger charge is -2.16. The maximum atomic E-state index is 6.29. The molecular formula is C20H23N3O. The average Bonchev–Trinajstić information content (AvgIpc) is 3.23. The Morgan fingerprint density at radius 2 is 2.00 bits per heavy atom. The van der Waals surface area contributed by atoms with Gasteiger partial charge in [-0.05, 0) is 50.7 Å². The van der Waals surface area contributed by atoms with Crippen molar-refractivity contribution in [3.63, 3.8) is 0 Å². The second kappa shape index (κ2) is 6.73. The highest BCUT2D eigenvalue weighted by Gasteiger charge is 2.27. The minimum Gasteiger partial charge on any atom is -0.355 e. The molecule has 0 bridgehead atoms. The molecule has 1 saturated heterocycles. The second-order valence-corrected chi connectivity index (χ2v) is 6.59. The molecule has 0 spiro atoms. The van der Waals surface area contributed by atoms with E-state index in [4.69, 9.17) is 4.74 Å². The molecule has 24 heavy (non-hydrogen) atoms. The van der Waals surface area contributed by atoms with Gasteiger partial charge in [0.25, 0.3) is 0 Å². The molecule has 2 unspecified atom stereocenters. The highest BCUT2D eigenvalue weighted by atomic mass is 16.5. The van der Waals surface area contributed by atoms with E-state index < -0.39 is 0 Å². The van der Waals surface area contributed by atoms with Crippen LogP contribution in [0.15, 0.2) is 48.9 Å². The van der Waals surface area contributed by atoms with Crippen LogP contribution in [0.1, 0.15) is 43.2 Å². The van der Waals surface area contributed by atoms with Gasteiger partial charge in [-0.2, -0.15) is 0 Å². The predicted octanol–water partition coefficient (Wildman–Crippen LogP) is 4.44. The minimum absolute atomic E-state index is 0.110. The van der Waals surface area contributed by atoms with E-state index in [2.05, 4.69) is 57.1 Å². The molecule has 0 aliphatic carbocycles. The first-order valence-electron chi connectivity index (χ1n) is 8.79. The molecule has 4 heteroatoms. The molecule has 4 rings (SSSR count). The van der Waals surface area contributed by atoms with Crippen LogP contribution in [-0.2, 0) is 11.2 Å². The van der Waals surface area contributed by atoms with Crippen molar-refractivity contribution in [3.05, 3.63) is 60.2 Å². The Hall–Kier alpha value is -2.20. The Morgan fingerprint density at radius 1 is 1.12 bits per heavy atom. The van der Waals surface area contributed by atoms with Crippen molar-refractivity contribution >= 4 is 11.0 Å². The van der Waals surface area contributed by atoms with Crippen molar-refractivity contribution in [3.8, 4) is 0 Å². The SMILES string of the molecule is Cc1ncnc2c1ccn2C1CCC(CCCc2ccccc2)O1. The van der Waals surface area contributed by atoms with Gasteiger partial charge in [-0.25, -0.2) is 9.97 Å². The Morgan fingerprint density at radius 3 is 2.88 bits per heavy atom. The van der Waals surface area contributed by atoms with Gasteiger partial charge in [-0.15, -0.1) is 0 Å². The molecule has 3 heterocycles. The van der Waals surface area contributed by atoms with E-state index in [0.717, 1.165) is 42.4 Å².